The van der Waals surface area contributed by atoms with Crippen LogP contribution < -0.4 is 5.32 Å². The van der Waals surface area contributed by atoms with E-state index in [2.05, 4.69) is 10.4 Å². The maximum Gasteiger partial charge on any atom is 0.416 e. The number of ether oxygens (including phenoxy) is 1. The first-order valence-corrected chi connectivity index (χ1v) is 8.66. The molecule has 0 bridgehead atoms. The van der Waals surface area contributed by atoms with E-state index in [1.165, 1.54) is 12.1 Å². The third-order valence-corrected chi connectivity index (χ3v) is 3.90. The molecule has 1 amide bonds. The van der Waals surface area contributed by atoms with E-state index in [1.807, 2.05) is 24.3 Å². The molecule has 28 heavy (non-hydrogen) atoms. The van der Waals surface area contributed by atoms with E-state index in [4.69, 9.17) is 4.74 Å². The Morgan fingerprint density at radius 1 is 1.07 bits per heavy atom. The van der Waals surface area contributed by atoms with Gasteiger partial charge in [-0.2, -0.15) is 18.3 Å². The van der Waals surface area contributed by atoms with Crippen molar-refractivity contribution in [1.29, 1.82) is 0 Å². The molecule has 8 heteroatoms. The molecule has 1 N–H and O–H groups in total. The zero-order valence-electron chi connectivity index (χ0n) is 15.7. The topological polar surface area (TPSA) is 56.1 Å². The molecule has 1 heterocycles. The van der Waals surface area contributed by atoms with Crippen molar-refractivity contribution in [2.45, 2.75) is 39.1 Å². The monoisotopic (exact) mass is 391 g/mol. The second-order valence-electron chi connectivity index (χ2n) is 7.28. The molecule has 3 aromatic rings. The van der Waals surface area contributed by atoms with E-state index in [-0.39, 0.29) is 6.54 Å². The molecule has 5 nitrogen and oxygen atoms in total. The Kier molecular flexibility index (Phi) is 5.06. The van der Waals surface area contributed by atoms with Gasteiger partial charge in [0.05, 0.1) is 29.0 Å². The van der Waals surface area contributed by atoms with Crippen LogP contribution in [0.3, 0.4) is 0 Å². The zero-order chi connectivity index (χ0) is 20.5. The number of halogens is 3. The van der Waals surface area contributed by atoms with Gasteiger partial charge in [-0.15, -0.1) is 0 Å². The van der Waals surface area contributed by atoms with Crippen LogP contribution >= 0.6 is 0 Å². The predicted molar refractivity (Wildman–Crippen MR) is 99.1 cm³/mol. The lowest BCUT2D eigenvalue weighted by molar-refractivity contribution is -0.137. The molecule has 0 spiro atoms. The summed E-state index contributed by atoms with van der Waals surface area (Å²) in [4.78, 5) is 11.9. The average molecular weight is 391 g/mol. The summed E-state index contributed by atoms with van der Waals surface area (Å²) in [6.07, 6.45) is -4.96. The van der Waals surface area contributed by atoms with Crippen molar-refractivity contribution in [2.24, 2.45) is 0 Å². The maximum absolute atomic E-state index is 12.8. The van der Waals surface area contributed by atoms with Crippen molar-refractivity contribution in [3.8, 4) is 5.69 Å². The Morgan fingerprint density at radius 3 is 2.32 bits per heavy atom. The minimum atomic E-state index is -4.40. The molecule has 0 atom stereocenters. The van der Waals surface area contributed by atoms with E-state index < -0.39 is 23.4 Å². The molecular weight excluding hydrogens is 371 g/mol. The number of carbonyl (C=O) groups is 1. The van der Waals surface area contributed by atoms with Gasteiger partial charge in [-0.05, 0) is 51.1 Å². The van der Waals surface area contributed by atoms with Gasteiger partial charge in [-0.1, -0.05) is 18.2 Å². The number of nitrogens with one attached hydrogen (secondary N) is 1. The summed E-state index contributed by atoms with van der Waals surface area (Å²) in [7, 11) is 0. The highest BCUT2D eigenvalue weighted by Crippen LogP contribution is 2.30. The Bertz CT molecular complexity index is 987. The summed E-state index contributed by atoms with van der Waals surface area (Å²) < 4.78 is 45.2. The van der Waals surface area contributed by atoms with Gasteiger partial charge in [-0.3, -0.25) is 0 Å². The molecule has 0 unspecified atom stereocenters. The lowest BCUT2D eigenvalue weighted by Gasteiger charge is -2.19. The summed E-state index contributed by atoms with van der Waals surface area (Å²) >= 11 is 0. The quantitative estimate of drug-likeness (QED) is 0.678. The molecule has 0 saturated heterocycles. The number of fused-ring (bicyclic) bond motifs is 1. The van der Waals surface area contributed by atoms with Crippen molar-refractivity contribution in [3.63, 3.8) is 0 Å². The number of hydrogen-bond donors (Lipinski definition) is 1. The molecular formula is C20H20F3N3O2. The third kappa shape index (κ3) is 4.44. The van der Waals surface area contributed by atoms with Crippen LogP contribution in [0.15, 0.2) is 48.5 Å². The fourth-order valence-corrected chi connectivity index (χ4v) is 2.72. The number of nitrogens with zero attached hydrogens (tertiary/aromatic N) is 2. The molecule has 0 aliphatic heterocycles. The van der Waals surface area contributed by atoms with Crippen LogP contribution in [0.1, 0.15) is 32.0 Å². The van der Waals surface area contributed by atoms with E-state index in [9.17, 15) is 18.0 Å². The van der Waals surface area contributed by atoms with Crippen molar-refractivity contribution < 1.29 is 22.7 Å². The van der Waals surface area contributed by atoms with Gasteiger partial charge >= 0.3 is 12.3 Å². The highest BCUT2D eigenvalue weighted by molar-refractivity contribution is 5.83. The van der Waals surface area contributed by atoms with Gasteiger partial charge in [0.1, 0.15) is 5.60 Å². The first kappa shape index (κ1) is 19.7. The number of alkyl halides is 3. The third-order valence-electron chi connectivity index (χ3n) is 3.90. The largest absolute Gasteiger partial charge is 0.444 e. The van der Waals surface area contributed by atoms with Gasteiger partial charge < -0.3 is 10.1 Å². The molecule has 0 saturated carbocycles. The summed E-state index contributed by atoms with van der Waals surface area (Å²) in [5, 5.41) is 7.93. The summed E-state index contributed by atoms with van der Waals surface area (Å²) in [5.41, 5.74) is 0.461. The summed E-state index contributed by atoms with van der Waals surface area (Å²) in [6.45, 7) is 5.42. The second kappa shape index (κ2) is 7.18. The Balaban J connectivity index is 1.90. The number of hydrogen-bond acceptors (Lipinski definition) is 3. The van der Waals surface area contributed by atoms with Crippen LogP contribution in [0, 0.1) is 0 Å². The van der Waals surface area contributed by atoms with Crippen molar-refractivity contribution in [1.82, 2.24) is 15.1 Å². The number of amides is 1. The fraction of sp³-hybridized carbons (Fsp3) is 0.300. The predicted octanol–water partition coefficient (Wildman–Crippen LogP) is 5.07. The number of carbonyl (C=O) groups excluding carboxylic acids is 1. The number of rotatable bonds is 3. The zero-order valence-corrected chi connectivity index (χ0v) is 15.7. The molecule has 0 aliphatic rings. The van der Waals surface area contributed by atoms with Gasteiger partial charge in [0.15, 0.2) is 0 Å². The highest BCUT2D eigenvalue weighted by atomic mass is 19.4. The van der Waals surface area contributed by atoms with E-state index in [0.717, 1.165) is 23.0 Å². The first-order valence-electron chi connectivity index (χ1n) is 8.66. The van der Waals surface area contributed by atoms with Crippen molar-refractivity contribution in [2.75, 3.05) is 0 Å². The smallest absolute Gasteiger partial charge is 0.416 e. The Hall–Kier alpha value is -3.03. The molecule has 0 radical (unpaired) electrons. The van der Waals surface area contributed by atoms with Gasteiger partial charge in [0.25, 0.3) is 0 Å². The summed E-state index contributed by atoms with van der Waals surface area (Å²) in [5.74, 6) is 0. The summed E-state index contributed by atoms with van der Waals surface area (Å²) in [6, 6.07) is 12.1. The van der Waals surface area contributed by atoms with Gasteiger partial charge in [-0.25, -0.2) is 9.48 Å². The number of alkyl carbamates (subject to hydrolysis) is 1. The normalized spacial score (nSPS) is 12.2. The molecule has 0 aliphatic carbocycles. The van der Waals surface area contributed by atoms with Gasteiger partial charge in [0.2, 0.25) is 0 Å². The Morgan fingerprint density at radius 2 is 1.71 bits per heavy atom. The van der Waals surface area contributed by atoms with Crippen molar-refractivity contribution >= 4 is 17.0 Å². The van der Waals surface area contributed by atoms with E-state index >= 15 is 0 Å². The van der Waals surface area contributed by atoms with Crippen LogP contribution in [0.4, 0.5) is 18.0 Å². The average Bonchev–Trinajstić information content (AvgIpc) is 2.97. The van der Waals surface area contributed by atoms with Crippen LogP contribution in [-0.2, 0) is 17.5 Å². The maximum atomic E-state index is 12.8. The number of benzene rings is 2. The van der Waals surface area contributed by atoms with Crippen LogP contribution in [0.25, 0.3) is 16.6 Å². The SMILES string of the molecule is CC(C)(C)OC(=O)NCc1nn(-c2ccc(C(F)(F)F)cc2)c2ccccc12. The Labute approximate surface area is 160 Å². The molecule has 1 aromatic heterocycles. The number of aromatic nitrogens is 2. The second-order valence-corrected chi connectivity index (χ2v) is 7.28. The minimum absolute atomic E-state index is 0.128. The molecule has 2 aromatic carbocycles. The van der Waals surface area contributed by atoms with E-state index in [0.29, 0.717) is 11.4 Å². The lowest BCUT2D eigenvalue weighted by atomic mass is 10.2. The van der Waals surface area contributed by atoms with Crippen LogP contribution in [-0.4, -0.2) is 21.5 Å². The van der Waals surface area contributed by atoms with Gasteiger partial charge in [0, 0.05) is 5.39 Å². The molecule has 0 fully saturated rings. The number of para-hydroxylation sites is 1. The standard InChI is InChI=1S/C20H20F3N3O2/c1-19(2,3)28-18(27)24-12-16-15-6-4-5-7-17(15)26(25-16)14-10-8-13(9-11-14)20(21,22)23/h4-11H,12H2,1-3H3,(H,24,27). The van der Waals surface area contributed by atoms with E-state index in [1.54, 1.807) is 25.5 Å². The molecule has 148 valence electrons. The fourth-order valence-electron chi connectivity index (χ4n) is 2.72. The van der Waals surface area contributed by atoms with Crippen LogP contribution in [0.5, 0.6) is 0 Å². The highest BCUT2D eigenvalue weighted by Gasteiger charge is 2.30. The van der Waals surface area contributed by atoms with Crippen LogP contribution in [0.2, 0.25) is 0 Å². The molecule has 3 rings (SSSR count). The minimum Gasteiger partial charge on any atom is -0.444 e. The first-order chi connectivity index (χ1) is 13.0. The van der Waals surface area contributed by atoms with Crippen molar-refractivity contribution in [3.05, 3.63) is 59.8 Å². The lowest BCUT2D eigenvalue weighted by Crippen LogP contribution is -2.32.